The lowest BCUT2D eigenvalue weighted by Crippen LogP contribution is -2.44. The summed E-state index contributed by atoms with van der Waals surface area (Å²) in [5.74, 6) is -1.82. The molecule has 160 valence electrons. The van der Waals surface area contributed by atoms with Crippen LogP contribution < -0.4 is 5.32 Å². The summed E-state index contributed by atoms with van der Waals surface area (Å²) in [5.41, 5.74) is 3.70. The van der Waals surface area contributed by atoms with Crippen molar-refractivity contribution in [2.75, 3.05) is 13.7 Å². The number of H-pyrrole nitrogens is 1. The third-order valence-corrected chi connectivity index (χ3v) is 4.85. The highest BCUT2D eigenvalue weighted by Crippen LogP contribution is 2.19. The van der Waals surface area contributed by atoms with Crippen LogP contribution in [0, 0.1) is 6.92 Å². The van der Waals surface area contributed by atoms with E-state index in [1.165, 1.54) is 13.2 Å². The second kappa shape index (κ2) is 10.2. The molecule has 2 N–H and O–H groups in total. The summed E-state index contributed by atoms with van der Waals surface area (Å²) in [4.78, 5) is 39.5. The van der Waals surface area contributed by atoms with Gasteiger partial charge in [0.2, 0.25) is 0 Å². The number of methoxy groups -OCH3 is 1. The number of aromatic nitrogens is 1. The van der Waals surface area contributed by atoms with Crippen molar-refractivity contribution in [1.82, 2.24) is 10.3 Å². The Kier molecular flexibility index (Phi) is 7.22. The number of hydrogen-bond donors (Lipinski definition) is 2. The number of carbonyl (C=O) groups is 3. The van der Waals surface area contributed by atoms with Crippen molar-refractivity contribution in [2.24, 2.45) is 0 Å². The zero-order chi connectivity index (χ0) is 22.2. The number of amides is 1. The largest absolute Gasteiger partial charge is 0.467 e. The normalized spacial score (nSPS) is 11.9. The van der Waals surface area contributed by atoms with E-state index in [4.69, 9.17) is 9.47 Å². The van der Waals surface area contributed by atoms with Crippen molar-refractivity contribution in [3.8, 4) is 0 Å². The number of esters is 2. The molecular weight excluding hydrogens is 396 g/mol. The molecule has 0 spiro atoms. The molecule has 0 aliphatic carbocycles. The summed E-state index contributed by atoms with van der Waals surface area (Å²) in [6.45, 7) is 1.43. The van der Waals surface area contributed by atoms with Crippen LogP contribution >= 0.6 is 0 Å². The minimum absolute atomic E-state index is 0.240. The average molecular weight is 420 g/mol. The Morgan fingerprint density at radius 2 is 1.84 bits per heavy atom. The van der Waals surface area contributed by atoms with Crippen molar-refractivity contribution in [2.45, 2.75) is 19.4 Å². The Morgan fingerprint density at radius 1 is 1.10 bits per heavy atom. The third kappa shape index (κ3) is 5.82. The SMILES string of the molecule is COC(=O)[C@H](Cc1c[nH]c2ccccc12)NC(=O)COC(=O)/C=C/c1ccccc1C. The molecular formula is C24H24N2O5. The van der Waals surface area contributed by atoms with Crippen molar-refractivity contribution < 1.29 is 23.9 Å². The van der Waals surface area contributed by atoms with Gasteiger partial charge < -0.3 is 19.8 Å². The lowest BCUT2D eigenvalue weighted by Gasteiger charge is -2.16. The predicted octanol–water partition coefficient (Wildman–Crippen LogP) is 2.93. The number of aromatic amines is 1. The molecule has 7 nitrogen and oxygen atoms in total. The fraction of sp³-hybridized carbons (Fsp3) is 0.208. The van der Waals surface area contributed by atoms with Crippen LogP contribution in [0.4, 0.5) is 0 Å². The van der Waals surface area contributed by atoms with Gasteiger partial charge in [0.25, 0.3) is 5.91 Å². The van der Waals surface area contributed by atoms with E-state index in [9.17, 15) is 14.4 Å². The van der Waals surface area contributed by atoms with Crippen LogP contribution in [0.25, 0.3) is 17.0 Å². The highest BCUT2D eigenvalue weighted by atomic mass is 16.5. The minimum atomic E-state index is -0.905. The fourth-order valence-electron chi connectivity index (χ4n) is 3.21. The van der Waals surface area contributed by atoms with Gasteiger partial charge >= 0.3 is 11.9 Å². The number of aryl methyl sites for hydroxylation is 1. The van der Waals surface area contributed by atoms with Gasteiger partial charge in [-0.2, -0.15) is 0 Å². The van der Waals surface area contributed by atoms with Crippen LogP contribution in [0.15, 0.2) is 60.8 Å². The smallest absolute Gasteiger partial charge is 0.331 e. The first kappa shape index (κ1) is 21.8. The van der Waals surface area contributed by atoms with Crippen LogP contribution in [-0.2, 0) is 30.3 Å². The first-order chi connectivity index (χ1) is 15.0. The van der Waals surface area contributed by atoms with Gasteiger partial charge in [0.1, 0.15) is 6.04 Å². The molecule has 0 radical (unpaired) electrons. The molecule has 7 heteroatoms. The lowest BCUT2D eigenvalue weighted by atomic mass is 10.0. The van der Waals surface area contributed by atoms with E-state index < -0.39 is 30.5 Å². The molecule has 3 rings (SSSR count). The number of benzene rings is 2. The molecule has 1 atom stereocenters. The number of carbonyl (C=O) groups excluding carboxylic acids is 3. The Balaban J connectivity index is 1.57. The third-order valence-electron chi connectivity index (χ3n) is 4.85. The van der Waals surface area contributed by atoms with E-state index in [0.717, 1.165) is 27.6 Å². The molecule has 0 saturated carbocycles. The molecule has 0 fully saturated rings. The maximum Gasteiger partial charge on any atom is 0.331 e. The van der Waals surface area contributed by atoms with E-state index in [0.29, 0.717) is 0 Å². The fourth-order valence-corrected chi connectivity index (χ4v) is 3.21. The van der Waals surface area contributed by atoms with Gasteiger partial charge in [0, 0.05) is 29.6 Å². The quantitative estimate of drug-likeness (QED) is 0.431. The van der Waals surface area contributed by atoms with Gasteiger partial charge in [0.15, 0.2) is 6.61 Å². The van der Waals surface area contributed by atoms with Crippen LogP contribution in [-0.4, -0.2) is 42.6 Å². The second-order valence-corrected chi connectivity index (χ2v) is 7.00. The molecule has 0 unspecified atom stereocenters. The molecule has 1 amide bonds. The van der Waals surface area contributed by atoms with Gasteiger partial charge in [-0.15, -0.1) is 0 Å². The first-order valence-corrected chi connectivity index (χ1v) is 9.80. The molecule has 0 bridgehead atoms. The zero-order valence-corrected chi connectivity index (χ0v) is 17.4. The molecule has 2 aromatic carbocycles. The zero-order valence-electron chi connectivity index (χ0n) is 17.4. The molecule has 0 saturated heterocycles. The molecule has 0 aliphatic rings. The van der Waals surface area contributed by atoms with Crippen LogP contribution in [0.3, 0.4) is 0 Å². The van der Waals surface area contributed by atoms with Gasteiger partial charge in [-0.25, -0.2) is 9.59 Å². The van der Waals surface area contributed by atoms with Gasteiger partial charge in [0.05, 0.1) is 7.11 Å². The topological polar surface area (TPSA) is 97.5 Å². The average Bonchev–Trinajstić information content (AvgIpc) is 3.19. The standard InChI is InChI=1S/C24H24N2O5/c1-16-7-3-4-8-17(16)11-12-23(28)31-15-22(27)26-21(24(29)30-2)13-18-14-25-20-10-6-5-9-19(18)20/h3-12,14,21,25H,13,15H2,1-2H3,(H,26,27)/b12-11+/t21-/m0/s1. The molecule has 3 aromatic rings. The Labute approximate surface area is 180 Å². The second-order valence-electron chi connectivity index (χ2n) is 7.00. The summed E-state index contributed by atoms with van der Waals surface area (Å²) in [6, 6.07) is 14.3. The van der Waals surface area contributed by atoms with Crippen LogP contribution in [0.5, 0.6) is 0 Å². The van der Waals surface area contributed by atoms with Gasteiger partial charge in [-0.05, 0) is 35.8 Å². The van der Waals surface area contributed by atoms with Crippen LogP contribution in [0.2, 0.25) is 0 Å². The molecule has 1 heterocycles. The summed E-state index contributed by atoms with van der Waals surface area (Å²) >= 11 is 0. The maximum atomic E-state index is 12.3. The van der Waals surface area contributed by atoms with E-state index in [1.54, 1.807) is 12.3 Å². The van der Waals surface area contributed by atoms with Crippen molar-refractivity contribution in [3.63, 3.8) is 0 Å². The van der Waals surface area contributed by atoms with Gasteiger partial charge in [-0.1, -0.05) is 42.5 Å². The highest BCUT2D eigenvalue weighted by molar-refractivity contribution is 5.91. The van der Waals surface area contributed by atoms with Crippen molar-refractivity contribution >= 4 is 34.8 Å². The van der Waals surface area contributed by atoms with Crippen molar-refractivity contribution in [3.05, 3.63) is 77.5 Å². The van der Waals surface area contributed by atoms with Gasteiger partial charge in [-0.3, -0.25) is 4.79 Å². The lowest BCUT2D eigenvalue weighted by molar-refractivity contribution is -0.147. The van der Waals surface area contributed by atoms with E-state index in [-0.39, 0.29) is 6.42 Å². The number of rotatable bonds is 8. The minimum Gasteiger partial charge on any atom is -0.467 e. The summed E-state index contributed by atoms with van der Waals surface area (Å²) in [7, 11) is 1.26. The molecule has 0 aliphatic heterocycles. The summed E-state index contributed by atoms with van der Waals surface area (Å²) < 4.78 is 9.80. The highest BCUT2D eigenvalue weighted by Gasteiger charge is 2.23. The molecule has 1 aromatic heterocycles. The van der Waals surface area contributed by atoms with Crippen molar-refractivity contribution in [1.29, 1.82) is 0 Å². The number of nitrogens with one attached hydrogen (secondary N) is 2. The van der Waals surface area contributed by atoms with E-state index >= 15 is 0 Å². The molecule has 31 heavy (non-hydrogen) atoms. The van der Waals surface area contributed by atoms with E-state index in [1.807, 2.05) is 55.5 Å². The predicted molar refractivity (Wildman–Crippen MR) is 117 cm³/mol. The van der Waals surface area contributed by atoms with Crippen LogP contribution in [0.1, 0.15) is 16.7 Å². The summed E-state index contributed by atoms with van der Waals surface area (Å²) in [5, 5.41) is 3.54. The summed E-state index contributed by atoms with van der Waals surface area (Å²) in [6.07, 6.45) is 4.93. The number of fused-ring (bicyclic) bond motifs is 1. The Bertz CT molecular complexity index is 1120. The van der Waals surface area contributed by atoms with E-state index in [2.05, 4.69) is 10.3 Å². The maximum absolute atomic E-state index is 12.3. The number of para-hydroxylation sites is 1. The number of ether oxygens (including phenoxy) is 2. The Hall–Kier alpha value is -3.87. The first-order valence-electron chi connectivity index (χ1n) is 9.80. The monoisotopic (exact) mass is 420 g/mol. The number of hydrogen-bond acceptors (Lipinski definition) is 5. The Morgan fingerprint density at radius 3 is 2.61 bits per heavy atom.